The molecule has 1 aromatic heterocycles. The SMILES string of the molecule is COCCCc1ccc(CCc2ccc3c(F)c(CCc4ccc(F)c(F)c4)ccc3c2)nc1. The maximum Gasteiger partial charge on any atom is 0.159 e. The van der Waals surface area contributed by atoms with E-state index in [0.29, 0.717) is 29.4 Å². The Balaban J connectivity index is 1.38. The highest BCUT2D eigenvalue weighted by Gasteiger charge is 2.10. The number of methoxy groups -OCH3 is 1. The highest BCUT2D eigenvalue weighted by atomic mass is 19.2. The second-order valence-corrected chi connectivity index (χ2v) is 8.60. The summed E-state index contributed by atoms with van der Waals surface area (Å²) in [5.41, 5.74) is 4.59. The average Bonchev–Trinajstić information content (AvgIpc) is 2.85. The van der Waals surface area contributed by atoms with Gasteiger partial charge >= 0.3 is 0 Å². The molecule has 176 valence electrons. The summed E-state index contributed by atoms with van der Waals surface area (Å²) >= 11 is 0. The third kappa shape index (κ3) is 6.03. The Kier molecular flexibility index (Phi) is 7.96. The molecule has 0 radical (unpaired) electrons. The number of rotatable bonds is 10. The van der Waals surface area contributed by atoms with Crippen LogP contribution in [-0.2, 0) is 36.8 Å². The second-order valence-electron chi connectivity index (χ2n) is 8.60. The van der Waals surface area contributed by atoms with Crippen LogP contribution < -0.4 is 0 Å². The van der Waals surface area contributed by atoms with Gasteiger partial charge in [-0.05, 0) is 84.4 Å². The molecule has 0 saturated heterocycles. The van der Waals surface area contributed by atoms with Crippen molar-refractivity contribution >= 4 is 10.8 Å². The van der Waals surface area contributed by atoms with Gasteiger partial charge in [0.25, 0.3) is 0 Å². The summed E-state index contributed by atoms with van der Waals surface area (Å²) in [5.74, 6) is -2.00. The van der Waals surface area contributed by atoms with E-state index in [0.717, 1.165) is 55.0 Å². The van der Waals surface area contributed by atoms with Crippen LogP contribution in [0.15, 0.2) is 66.9 Å². The Morgan fingerprint density at radius 3 is 2.24 bits per heavy atom. The van der Waals surface area contributed by atoms with Crippen molar-refractivity contribution in [2.45, 2.75) is 38.5 Å². The summed E-state index contributed by atoms with van der Waals surface area (Å²) in [6, 6.07) is 17.5. The fraction of sp³-hybridized carbons (Fsp3) is 0.276. The normalized spacial score (nSPS) is 11.3. The third-order valence-corrected chi connectivity index (χ3v) is 6.14. The van der Waals surface area contributed by atoms with Crippen molar-refractivity contribution in [2.24, 2.45) is 0 Å². The number of hydrogen-bond acceptors (Lipinski definition) is 2. The highest BCUT2D eigenvalue weighted by molar-refractivity contribution is 5.84. The van der Waals surface area contributed by atoms with Gasteiger partial charge < -0.3 is 4.74 Å². The summed E-state index contributed by atoms with van der Waals surface area (Å²) in [6.45, 7) is 0.750. The van der Waals surface area contributed by atoms with Crippen molar-refractivity contribution < 1.29 is 17.9 Å². The molecule has 4 rings (SSSR count). The van der Waals surface area contributed by atoms with Gasteiger partial charge in [0.1, 0.15) is 5.82 Å². The first-order valence-electron chi connectivity index (χ1n) is 11.6. The van der Waals surface area contributed by atoms with Crippen LogP contribution in [0.2, 0.25) is 0 Å². The molecule has 0 aliphatic rings. The zero-order chi connectivity index (χ0) is 23.9. The van der Waals surface area contributed by atoms with Crippen LogP contribution in [0.25, 0.3) is 10.8 Å². The summed E-state index contributed by atoms with van der Waals surface area (Å²) in [5, 5.41) is 1.43. The highest BCUT2D eigenvalue weighted by Crippen LogP contribution is 2.24. The van der Waals surface area contributed by atoms with Gasteiger partial charge in [0.15, 0.2) is 11.6 Å². The molecule has 2 nitrogen and oxygen atoms in total. The molecule has 0 saturated carbocycles. The fourth-order valence-corrected chi connectivity index (χ4v) is 4.15. The van der Waals surface area contributed by atoms with E-state index in [1.807, 2.05) is 30.5 Å². The molecular weight excluding hydrogens is 435 g/mol. The molecule has 0 amide bonds. The van der Waals surface area contributed by atoms with Gasteiger partial charge in [-0.1, -0.05) is 42.5 Å². The average molecular weight is 464 g/mol. The van der Waals surface area contributed by atoms with Crippen molar-refractivity contribution in [3.63, 3.8) is 0 Å². The minimum absolute atomic E-state index is 0.252. The van der Waals surface area contributed by atoms with Gasteiger partial charge in [-0.25, -0.2) is 13.2 Å². The molecule has 0 bridgehead atoms. The van der Waals surface area contributed by atoms with Crippen LogP contribution in [0.1, 0.15) is 34.4 Å². The lowest BCUT2D eigenvalue weighted by Crippen LogP contribution is -1.99. The molecule has 0 N–H and O–H groups in total. The van der Waals surface area contributed by atoms with Gasteiger partial charge in [0.05, 0.1) is 0 Å². The number of benzene rings is 3. The fourth-order valence-electron chi connectivity index (χ4n) is 4.15. The molecule has 0 aliphatic carbocycles. The molecule has 34 heavy (non-hydrogen) atoms. The van der Waals surface area contributed by atoms with Crippen molar-refractivity contribution in [1.82, 2.24) is 4.98 Å². The predicted molar refractivity (Wildman–Crippen MR) is 130 cm³/mol. The monoisotopic (exact) mass is 463 g/mol. The number of nitrogens with zero attached hydrogens (tertiary/aromatic N) is 1. The Labute approximate surface area is 198 Å². The molecule has 0 spiro atoms. The molecule has 5 heteroatoms. The molecule has 0 atom stereocenters. The van der Waals surface area contributed by atoms with Gasteiger partial charge in [0.2, 0.25) is 0 Å². The van der Waals surface area contributed by atoms with Crippen LogP contribution in [0.3, 0.4) is 0 Å². The van der Waals surface area contributed by atoms with Gasteiger partial charge in [0, 0.05) is 31.0 Å². The topological polar surface area (TPSA) is 22.1 Å². The van der Waals surface area contributed by atoms with Crippen LogP contribution in [-0.4, -0.2) is 18.7 Å². The largest absolute Gasteiger partial charge is 0.385 e. The predicted octanol–water partition coefficient (Wildman–Crippen LogP) is 6.80. The molecule has 1 heterocycles. The van der Waals surface area contributed by atoms with Crippen molar-refractivity contribution in [2.75, 3.05) is 13.7 Å². The molecule has 3 aromatic carbocycles. The Morgan fingerprint density at radius 1 is 0.706 bits per heavy atom. The number of aromatic nitrogens is 1. The Hall–Kier alpha value is -3.18. The Bertz CT molecular complexity index is 1250. The first-order chi connectivity index (χ1) is 16.5. The second kappa shape index (κ2) is 11.3. The van der Waals surface area contributed by atoms with Crippen molar-refractivity contribution in [3.8, 4) is 0 Å². The lowest BCUT2D eigenvalue weighted by Gasteiger charge is -2.09. The third-order valence-electron chi connectivity index (χ3n) is 6.14. The van der Waals surface area contributed by atoms with Crippen LogP contribution >= 0.6 is 0 Å². The van der Waals surface area contributed by atoms with E-state index in [2.05, 4.69) is 17.1 Å². The summed E-state index contributed by atoms with van der Waals surface area (Å²) in [4.78, 5) is 4.57. The summed E-state index contributed by atoms with van der Waals surface area (Å²) < 4.78 is 46.7. The molecule has 0 aliphatic heterocycles. The Morgan fingerprint density at radius 2 is 1.47 bits per heavy atom. The number of halogens is 3. The number of fused-ring (bicyclic) bond motifs is 1. The maximum absolute atomic E-state index is 15.1. The van der Waals surface area contributed by atoms with Gasteiger partial charge in [-0.2, -0.15) is 0 Å². The van der Waals surface area contributed by atoms with Gasteiger partial charge in [-0.3, -0.25) is 4.98 Å². The minimum atomic E-state index is -0.878. The first-order valence-corrected chi connectivity index (χ1v) is 11.6. The summed E-state index contributed by atoms with van der Waals surface area (Å²) in [6.07, 6.45) is 6.38. The van der Waals surface area contributed by atoms with Crippen LogP contribution in [0.4, 0.5) is 13.2 Å². The van der Waals surface area contributed by atoms with E-state index in [4.69, 9.17) is 4.74 Å². The standard InChI is InChI=1S/C29H28F3NO/c1-34-16-2-3-22-6-13-25(33-19-22)12-5-20-7-14-26-24(17-20)11-10-23(29(26)32)9-4-21-8-15-27(30)28(31)18-21/h6-8,10-11,13-15,17-19H,2-5,9,12,16H2,1H3. The zero-order valence-corrected chi connectivity index (χ0v) is 19.3. The van der Waals surface area contributed by atoms with E-state index in [9.17, 15) is 8.78 Å². The van der Waals surface area contributed by atoms with Gasteiger partial charge in [-0.15, -0.1) is 0 Å². The number of ether oxygens (including phenoxy) is 1. The van der Waals surface area contributed by atoms with Crippen LogP contribution in [0, 0.1) is 17.5 Å². The quantitative estimate of drug-likeness (QED) is 0.241. The smallest absolute Gasteiger partial charge is 0.159 e. The lowest BCUT2D eigenvalue weighted by molar-refractivity contribution is 0.195. The number of pyridine rings is 1. The van der Waals surface area contributed by atoms with Crippen LogP contribution in [0.5, 0.6) is 0 Å². The molecule has 0 fully saturated rings. The molecule has 4 aromatic rings. The van der Waals surface area contributed by atoms with E-state index >= 15 is 4.39 Å². The zero-order valence-electron chi connectivity index (χ0n) is 19.3. The van der Waals surface area contributed by atoms with E-state index in [-0.39, 0.29) is 5.82 Å². The number of aryl methyl sites for hydroxylation is 5. The lowest BCUT2D eigenvalue weighted by atomic mass is 9.98. The van der Waals surface area contributed by atoms with E-state index in [1.54, 1.807) is 13.2 Å². The molecular formula is C29H28F3NO. The minimum Gasteiger partial charge on any atom is -0.385 e. The van der Waals surface area contributed by atoms with E-state index < -0.39 is 11.6 Å². The molecule has 0 unspecified atom stereocenters. The first kappa shape index (κ1) is 24.0. The summed E-state index contributed by atoms with van der Waals surface area (Å²) in [7, 11) is 1.71. The van der Waals surface area contributed by atoms with Crippen molar-refractivity contribution in [3.05, 3.63) is 112 Å². The number of hydrogen-bond donors (Lipinski definition) is 0. The maximum atomic E-state index is 15.1. The van der Waals surface area contributed by atoms with Crippen molar-refractivity contribution in [1.29, 1.82) is 0 Å². The van der Waals surface area contributed by atoms with E-state index in [1.165, 1.54) is 17.7 Å².